The molecule has 0 atom stereocenters. The molecule has 2 heterocycles. The molecule has 0 aliphatic heterocycles. The van der Waals surface area contributed by atoms with Crippen molar-refractivity contribution in [3.05, 3.63) is 89.4 Å². The highest BCUT2D eigenvalue weighted by molar-refractivity contribution is 7.80. The molecule has 0 saturated heterocycles. The van der Waals surface area contributed by atoms with Crippen LogP contribution in [0.1, 0.15) is 11.1 Å². The van der Waals surface area contributed by atoms with Crippen LogP contribution in [0.2, 0.25) is 0 Å². The Labute approximate surface area is 191 Å². The molecule has 5 nitrogen and oxygen atoms in total. The maximum Gasteiger partial charge on any atom is 0.418 e. The van der Waals surface area contributed by atoms with Crippen LogP contribution in [0.3, 0.4) is 0 Å². The van der Waals surface area contributed by atoms with E-state index in [0.29, 0.717) is 0 Å². The zero-order chi connectivity index (χ0) is 22.6. The molecular formula is C22H16F3N5S2. The van der Waals surface area contributed by atoms with Crippen molar-refractivity contribution in [1.82, 2.24) is 15.2 Å². The molecule has 4 rings (SSSR count). The second kappa shape index (κ2) is 9.33. The lowest BCUT2D eigenvalue weighted by atomic mass is 10.2. The first-order chi connectivity index (χ1) is 15.4. The maximum absolute atomic E-state index is 13.2. The Hall–Kier alpha value is -3.50. The second-order valence-electron chi connectivity index (χ2n) is 6.56. The number of alkyl halides is 3. The third-order valence-electron chi connectivity index (χ3n) is 4.37. The molecule has 10 heteroatoms. The van der Waals surface area contributed by atoms with Crippen LogP contribution in [0.4, 0.5) is 18.9 Å². The molecule has 162 valence electrons. The van der Waals surface area contributed by atoms with Crippen molar-refractivity contribution in [2.24, 2.45) is 5.10 Å². The number of thiophene rings is 1. The van der Waals surface area contributed by atoms with Crippen molar-refractivity contribution in [2.75, 3.05) is 5.32 Å². The van der Waals surface area contributed by atoms with E-state index >= 15 is 0 Å². The minimum atomic E-state index is -4.50. The molecule has 0 fully saturated rings. The van der Waals surface area contributed by atoms with Gasteiger partial charge in [0.05, 0.1) is 28.0 Å². The van der Waals surface area contributed by atoms with Crippen molar-refractivity contribution < 1.29 is 13.2 Å². The van der Waals surface area contributed by atoms with Crippen molar-refractivity contribution >= 4 is 40.6 Å². The fourth-order valence-corrected chi connectivity index (χ4v) is 3.84. The Morgan fingerprint density at radius 1 is 1.03 bits per heavy atom. The predicted octanol–water partition coefficient (Wildman–Crippen LogP) is 5.94. The van der Waals surface area contributed by atoms with Crippen LogP contribution in [0, 0.1) is 0 Å². The Bertz CT molecular complexity index is 1230. The molecule has 2 aromatic heterocycles. The van der Waals surface area contributed by atoms with Gasteiger partial charge in [-0.3, -0.25) is 5.43 Å². The number of halogens is 3. The summed E-state index contributed by atoms with van der Waals surface area (Å²) in [5, 5.41) is 13.2. The Balaban J connectivity index is 1.53. The number of nitrogens with zero attached hydrogens (tertiary/aromatic N) is 3. The number of nitrogens with one attached hydrogen (secondary N) is 2. The lowest BCUT2D eigenvalue weighted by Gasteiger charge is -2.14. The molecule has 32 heavy (non-hydrogen) atoms. The molecule has 0 bridgehead atoms. The monoisotopic (exact) mass is 471 g/mol. The highest BCUT2D eigenvalue weighted by Crippen LogP contribution is 2.34. The van der Waals surface area contributed by atoms with E-state index in [-0.39, 0.29) is 10.8 Å². The summed E-state index contributed by atoms with van der Waals surface area (Å²) in [4.78, 5) is 0.959. The molecule has 0 amide bonds. The largest absolute Gasteiger partial charge is 0.418 e. The van der Waals surface area contributed by atoms with Gasteiger partial charge in [-0.15, -0.1) is 11.3 Å². The van der Waals surface area contributed by atoms with Gasteiger partial charge in [0.2, 0.25) is 0 Å². The van der Waals surface area contributed by atoms with Gasteiger partial charge >= 0.3 is 6.18 Å². The fourth-order valence-electron chi connectivity index (χ4n) is 2.95. The Morgan fingerprint density at radius 3 is 2.50 bits per heavy atom. The summed E-state index contributed by atoms with van der Waals surface area (Å²) in [6.45, 7) is 0. The number of anilines is 1. The van der Waals surface area contributed by atoms with E-state index in [1.54, 1.807) is 16.0 Å². The van der Waals surface area contributed by atoms with Gasteiger partial charge in [0.25, 0.3) is 0 Å². The van der Waals surface area contributed by atoms with Gasteiger partial charge in [0.1, 0.15) is 5.69 Å². The van der Waals surface area contributed by atoms with Crippen LogP contribution in [-0.2, 0) is 6.18 Å². The van der Waals surface area contributed by atoms with Crippen LogP contribution in [0.5, 0.6) is 0 Å². The second-order valence-corrected chi connectivity index (χ2v) is 7.91. The first-order valence-electron chi connectivity index (χ1n) is 9.37. The van der Waals surface area contributed by atoms with Gasteiger partial charge in [-0.1, -0.05) is 36.4 Å². The number of hydrogen-bond donors (Lipinski definition) is 2. The minimum Gasteiger partial charge on any atom is -0.331 e. The van der Waals surface area contributed by atoms with Crippen molar-refractivity contribution in [3.63, 3.8) is 0 Å². The topological polar surface area (TPSA) is 54.2 Å². The Kier molecular flexibility index (Phi) is 6.33. The van der Waals surface area contributed by atoms with Crippen LogP contribution in [0.25, 0.3) is 16.3 Å². The zero-order valence-electron chi connectivity index (χ0n) is 16.4. The van der Waals surface area contributed by atoms with E-state index in [4.69, 9.17) is 12.2 Å². The van der Waals surface area contributed by atoms with Crippen molar-refractivity contribution in [3.8, 4) is 16.3 Å². The summed E-state index contributed by atoms with van der Waals surface area (Å²) in [5.74, 6) is 0. The molecule has 0 spiro atoms. The van der Waals surface area contributed by atoms with Gasteiger partial charge in [-0.25, -0.2) is 4.68 Å². The van der Waals surface area contributed by atoms with Crippen molar-refractivity contribution in [2.45, 2.75) is 6.18 Å². The van der Waals surface area contributed by atoms with Crippen LogP contribution in [-0.4, -0.2) is 21.1 Å². The SMILES string of the molecule is FC(F)(F)c1ccccc1NC(=S)N/N=C\c1cn(-c2ccccc2)nc1-c1cccs1. The molecule has 0 aliphatic rings. The molecule has 0 unspecified atom stereocenters. The van der Waals surface area contributed by atoms with E-state index < -0.39 is 11.7 Å². The number of thiocarbonyl (C=S) groups is 1. The number of aromatic nitrogens is 2. The minimum absolute atomic E-state index is 0.0638. The van der Waals surface area contributed by atoms with E-state index in [2.05, 4.69) is 20.9 Å². The Morgan fingerprint density at radius 2 is 1.78 bits per heavy atom. The quantitative estimate of drug-likeness (QED) is 0.215. The van der Waals surface area contributed by atoms with Crippen molar-refractivity contribution in [1.29, 1.82) is 0 Å². The maximum atomic E-state index is 13.2. The summed E-state index contributed by atoms with van der Waals surface area (Å²) >= 11 is 6.65. The van der Waals surface area contributed by atoms with Crippen LogP contribution < -0.4 is 10.7 Å². The van der Waals surface area contributed by atoms with E-state index in [9.17, 15) is 13.2 Å². The fraction of sp³-hybridized carbons (Fsp3) is 0.0455. The number of hydrazone groups is 1. The molecule has 0 saturated carbocycles. The highest BCUT2D eigenvalue weighted by Gasteiger charge is 2.33. The average molecular weight is 472 g/mol. The van der Waals surface area contributed by atoms with Gasteiger partial charge in [0.15, 0.2) is 5.11 Å². The first kappa shape index (κ1) is 21.7. The molecule has 0 aliphatic carbocycles. The van der Waals surface area contributed by atoms with E-state index in [1.165, 1.54) is 24.4 Å². The molecule has 2 aromatic carbocycles. The summed E-state index contributed by atoms with van der Waals surface area (Å²) in [6.07, 6.45) is -1.14. The predicted molar refractivity (Wildman–Crippen MR) is 125 cm³/mol. The number of hydrogen-bond acceptors (Lipinski definition) is 4. The average Bonchev–Trinajstić information content (AvgIpc) is 3.44. The van der Waals surface area contributed by atoms with Gasteiger partial charge in [-0.2, -0.15) is 23.4 Å². The lowest BCUT2D eigenvalue weighted by molar-refractivity contribution is -0.136. The summed E-state index contributed by atoms with van der Waals surface area (Å²) in [7, 11) is 0. The van der Waals surface area contributed by atoms with Gasteiger partial charge in [0, 0.05) is 11.8 Å². The molecular weight excluding hydrogens is 455 g/mol. The molecule has 4 aromatic rings. The third-order valence-corrected chi connectivity index (χ3v) is 5.44. The zero-order valence-corrected chi connectivity index (χ0v) is 18.0. The molecule has 0 radical (unpaired) electrons. The lowest BCUT2D eigenvalue weighted by Crippen LogP contribution is -2.25. The van der Waals surface area contributed by atoms with Gasteiger partial charge in [-0.05, 0) is 47.9 Å². The van der Waals surface area contributed by atoms with Crippen LogP contribution in [0.15, 0.2) is 83.4 Å². The first-order valence-corrected chi connectivity index (χ1v) is 10.7. The van der Waals surface area contributed by atoms with E-state index in [0.717, 1.165) is 27.9 Å². The van der Waals surface area contributed by atoms with E-state index in [1.807, 2.05) is 54.0 Å². The molecule has 2 N–H and O–H groups in total. The summed E-state index contributed by atoms with van der Waals surface area (Å²) in [5.41, 5.74) is 3.96. The highest BCUT2D eigenvalue weighted by atomic mass is 32.1. The number of benzene rings is 2. The van der Waals surface area contributed by atoms with Gasteiger partial charge < -0.3 is 5.32 Å². The number of para-hydroxylation sites is 2. The third kappa shape index (κ3) is 5.04. The summed E-state index contributed by atoms with van der Waals surface area (Å²) < 4.78 is 41.2. The summed E-state index contributed by atoms with van der Waals surface area (Å²) in [6, 6.07) is 18.6. The van der Waals surface area contributed by atoms with Crippen LogP contribution >= 0.6 is 23.6 Å². The smallest absolute Gasteiger partial charge is 0.331 e. The normalized spacial score (nSPS) is 11.6. The number of rotatable bonds is 5. The standard InChI is InChI=1S/C22H16F3N5S2/c23-22(24,25)17-9-4-5-10-18(17)27-21(31)28-26-13-15-14-30(16-7-2-1-3-8-16)29-20(15)19-11-6-12-32-19/h1-14H,(H2,27,28,31)/b26-13-.